The minimum atomic E-state index is -0.170. The Morgan fingerprint density at radius 2 is 1.78 bits per heavy atom. The average Bonchev–Trinajstić information content (AvgIpc) is 2.88. The lowest BCUT2D eigenvalue weighted by molar-refractivity contribution is 0.440. The summed E-state index contributed by atoms with van der Waals surface area (Å²) in [6, 6.07) is 7.55. The van der Waals surface area contributed by atoms with E-state index in [1.54, 1.807) is 0 Å². The van der Waals surface area contributed by atoms with E-state index < -0.39 is 0 Å². The molecule has 0 amide bonds. The van der Waals surface area contributed by atoms with Crippen LogP contribution in [0.3, 0.4) is 0 Å². The van der Waals surface area contributed by atoms with Gasteiger partial charge in [0.25, 0.3) is 0 Å². The van der Waals surface area contributed by atoms with Crippen molar-refractivity contribution in [3.8, 4) is 11.4 Å². The van der Waals surface area contributed by atoms with E-state index in [0.717, 1.165) is 27.7 Å². The number of hydrogen-bond acceptors (Lipinski definition) is 3. The van der Waals surface area contributed by atoms with Gasteiger partial charge in [-0.25, -0.2) is 0 Å². The topological polar surface area (TPSA) is 50.9 Å². The summed E-state index contributed by atoms with van der Waals surface area (Å²) >= 11 is 6.16. The van der Waals surface area contributed by atoms with Crippen LogP contribution in [0.15, 0.2) is 24.3 Å². The Morgan fingerprint density at radius 1 is 1.09 bits per heavy atom. The number of benzene rings is 2. The van der Waals surface area contributed by atoms with E-state index in [9.17, 15) is 5.11 Å². The van der Waals surface area contributed by atoms with Crippen molar-refractivity contribution in [2.75, 3.05) is 0 Å². The van der Waals surface area contributed by atoms with Gasteiger partial charge >= 0.3 is 0 Å². The molecule has 0 spiro atoms. The predicted molar refractivity (Wildman–Crippen MR) is 93.7 cm³/mol. The van der Waals surface area contributed by atoms with Crippen LogP contribution in [-0.4, -0.2) is 20.1 Å². The van der Waals surface area contributed by atoms with E-state index in [1.807, 2.05) is 38.1 Å². The van der Waals surface area contributed by atoms with Crippen LogP contribution in [0.25, 0.3) is 16.7 Å². The normalized spacial score (nSPS) is 12.1. The number of halogens is 1. The number of aromatic nitrogens is 3. The highest BCUT2D eigenvalue weighted by atomic mass is 35.5. The van der Waals surface area contributed by atoms with Crippen molar-refractivity contribution in [1.82, 2.24) is 15.0 Å². The zero-order valence-corrected chi connectivity index (χ0v) is 14.7. The Kier molecular flexibility index (Phi) is 3.60. The van der Waals surface area contributed by atoms with Crippen LogP contribution >= 0.6 is 11.6 Å². The quantitative estimate of drug-likeness (QED) is 0.704. The van der Waals surface area contributed by atoms with E-state index in [1.165, 1.54) is 4.80 Å². The van der Waals surface area contributed by atoms with Crippen LogP contribution in [0.1, 0.15) is 37.5 Å². The number of nitrogens with zero attached hydrogens (tertiary/aromatic N) is 3. The summed E-state index contributed by atoms with van der Waals surface area (Å²) in [5.74, 6) is 0.215. The van der Waals surface area contributed by atoms with E-state index >= 15 is 0 Å². The molecular weight excluding hydrogens is 310 g/mol. The van der Waals surface area contributed by atoms with E-state index in [0.29, 0.717) is 10.7 Å². The van der Waals surface area contributed by atoms with Gasteiger partial charge in [0.2, 0.25) is 0 Å². The van der Waals surface area contributed by atoms with Gasteiger partial charge in [-0.1, -0.05) is 38.4 Å². The number of hydrogen-bond donors (Lipinski definition) is 1. The van der Waals surface area contributed by atoms with E-state index in [2.05, 4.69) is 31.0 Å². The summed E-state index contributed by atoms with van der Waals surface area (Å²) in [7, 11) is 0. The summed E-state index contributed by atoms with van der Waals surface area (Å²) in [6.07, 6.45) is 0. The van der Waals surface area contributed by atoms with Gasteiger partial charge in [-0.2, -0.15) is 0 Å². The standard InChI is InChI=1S/C18H20ClN3O/c1-10-8-12(18(3,4)5)17(23)15(9-10)22-20-14-7-6-13(19)11(2)16(14)21-22/h6-9,23H,1-5H3. The van der Waals surface area contributed by atoms with E-state index in [-0.39, 0.29) is 11.2 Å². The van der Waals surface area contributed by atoms with Crippen molar-refractivity contribution in [3.63, 3.8) is 0 Å². The first-order valence-electron chi connectivity index (χ1n) is 7.55. The molecular formula is C18H20ClN3O. The van der Waals surface area contributed by atoms with Crippen LogP contribution in [-0.2, 0) is 5.41 Å². The zero-order valence-electron chi connectivity index (χ0n) is 14.0. The van der Waals surface area contributed by atoms with Gasteiger partial charge in [0.1, 0.15) is 22.5 Å². The Hall–Kier alpha value is -2.07. The number of phenols is 1. The molecule has 5 heteroatoms. The predicted octanol–water partition coefficient (Wildman–Crippen LogP) is 4.69. The molecule has 1 N–H and O–H groups in total. The molecule has 1 heterocycles. The minimum Gasteiger partial charge on any atom is -0.505 e. The molecule has 23 heavy (non-hydrogen) atoms. The summed E-state index contributed by atoms with van der Waals surface area (Å²) in [5, 5.41) is 20.4. The van der Waals surface area contributed by atoms with Crippen molar-refractivity contribution in [3.05, 3.63) is 46.0 Å². The number of rotatable bonds is 1. The second kappa shape index (κ2) is 5.24. The number of phenolic OH excluding ortho intramolecular Hbond substituents is 1. The maximum atomic E-state index is 10.7. The second-order valence-electron chi connectivity index (χ2n) is 6.96. The third-order valence-corrected chi connectivity index (χ3v) is 4.41. The largest absolute Gasteiger partial charge is 0.505 e. The molecule has 4 nitrogen and oxygen atoms in total. The van der Waals surface area contributed by atoms with Gasteiger partial charge < -0.3 is 5.11 Å². The SMILES string of the molecule is Cc1cc(-n2nc3ccc(Cl)c(C)c3n2)c(O)c(C(C)(C)C)c1. The number of aryl methyl sites for hydroxylation is 2. The summed E-state index contributed by atoms with van der Waals surface area (Å²) < 4.78 is 0. The van der Waals surface area contributed by atoms with E-state index in [4.69, 9.17) is 11.6 Å². The van der Waals surface area contributed by atoms with Crippen molar-refractivity contribution < 1.29 is 5.11 Å². The fourth-order valence-electron chi connectivity index (χ4n) is 2.68. The van der Waals surface area contributed by atoms with Crippen LogP contribution in [0, 0.1) is 13.8 Å². The first-order valence-corrected chi connectivity index (χ1v) is 7.93. The van der Waals surface area contributed by atoms with Crippen LogP contribution in [0.4, 0.5) is 0 Å². The highest BCUT2D eigenvalue weighted by Crippen LogP contribution is 2.36. The third kappa shape index (κ3) is 2.68. The lowest BCUT2D eigenvalue weighted by Gasteiger charge is -2.22. The van der Waals surface area contributed by atoms with Crippen LogP contribution in [0.2, 0.25) is 5.02 Å². The first-order chi connectivity index (χ1) is 10.7. The second-order valence-corrected chi connectivity index (χ2v) is 7.37. The molecule has 2 aromatic carbocycles. The monoisotopic (exact) mass is 329 g/mol. The number of fused-ring (bicyclic) bond motifs is 1. The molecule has 0 saturated heterocycles. The summed E-state index contributed by atoms with van der Waals surface area (Å²) in [6.45, 7) is 10.1. The lowest BCUT2D eigenvalue weighted by atomic mass is 9.85. The zero-order chi connectivity index (χ0) is 16.9. The van der Waals surface area contributed by atoms with Crippen LogP contribution in [0.5, 0.6) is 5.75 Å². The highest BCUT2D eigenvalue weighted by molar-refractivity contribution is 6.32. The maximum absolute atomic E-state index is 10.7. The first kappa shape index (κ1) is 15.8. The summed E-state index contributed by atoms with van der Waals surface area (Å²) in [4.78, 5) is 1.49. The number of aromatic hydroxyl groups is 1. The minimum absolute atomic E-state index is 0.170. The molecule has 0 aliphatic heterocycles. The Morgan fingerprint density at radius 3 is 2.43 bits per heavy atom. The molecule has 0 bridgehead atoms. The molecule has 0 atom stereocenters. The van der Waals surface area contributed by atoms with Gasteiger partial charge in [0.05, 0.1) is 0 Å². The highest BCUT2D eigenvalue weighted by Gasteiger charge is 2.22. The fraction of sp³-hybridized carbons (Fsp3) is 0.333. The van der Waals surface area contributed by atoms with Gasteiger partial charge in [-0.3, -0.25) is 0 Å². The molecule has 3 aromatic rings. The summed E-state index contributed by atoms with van der Waals surface area (Å²) in [5.41, 5.74) is 4.74. The van der Waals surface area contributed by atoms with Crippen molar-refractivity contribution in [2.45, 2.75) is 40.0 Å². The van der Waals surface area contributed by atoms with Crippen molar-refractivity contribution in [1.29, 1.82) is 0 Å². The molecule has 1 aromatic heterocycles. The Balaban J connectivity index is 2.27. The fourth-order valence-corrected chi connectivity index (χ4v) is 2.83. The lowest BCUT2D eigenvalue weighted by Crippen LogP contribution is -2.13. The van der Waals surface area contributed by atoms with Crippen LogP contribution < -0.4 is 0 Å². The molecule has 0 aliphatic rings. The van der Waals surface area contributed by atoms with Gasteiger partial charge in [-0.05, 0) is 48.6 Å². The molecule has 0 unspecified atom stereocenters. The maximum Gasteiger partial charge on any atom is 0.146 e. The molecule has 120 valence electrons. The van der Waals surface area contributed by atoms with Gasteiger partial charge in [0, 0.05) is 10.6 Å². The van der Waals surface area contributed by atoms with Gasteiger partial charge in [-0.15, -0.1) is 15.0 Å². The molecule has 0 aliphatic carbocycles. The Labute approximate surface area is 140 Å². The third-order valence-electron chi connectivity index (χ3n) is 4.00. The molecule has 0 saturated carbocycles. The van der Waals surface area contributed by atoms with Gasteiger partial charge in [0.15, 0.2) is 0 Å². The van der Waals surface area contributed by atoms with Crippen molar-refractivity contribution >= 4 is 22.6 Å². The average molecular weight is 330 g/mol. The molecule has 0 fully saturated rings. The molecule has 3 rings (SSSR count). The smallest absolute Gasteiger partial charge is 0.146 e. The van der Waals surface area contributed by atoms with Crippen molar-refractivity contribution in [2.24, 2.45) is 0 Å². The Bertz CT molecular complexity index is 907. The molecule has 0 radical (unpaired) electrons.